The number of ether oxygens (including phenoxy) is 2. The normalized spacial score (nSPS) is 10.6. The Morgan fingerprint density at radius 3 is 2.35 bits per heavy atom. The van der Waals surface area contributed by atoms with E-state index in [1.165, 1.54) is 0 Å². The number of esters is 1. The molecule has 26 heavy (non-hydrogen) atoms. The Hall–Kier alpha value is -3.53. The van der Waals surface area contributed by atoms with Crippen LogP contribution < -0.4 is 9.47 Å². The molecule has 4 aromatic rings. The fourth-order valence-electron chi connectivity index (χ4n) is 2.74. The van der Waals surface area contributed by atoms with E-state index in [-0.39, 0.29) is 0 Å². The van der Waals surface area contributed by atoms with Gasteiger partial charge in [-0.2, -0.15) is 0 Å². The molecule has 0 spiro atoms. The summed E-state index contributed by atoms with van der Waals surface area (Å²) in [7, 11) is 0. The van der Waals surface area contributed by atoms with Crippen molar-refractivity contribution in [3.8, 4) is 11.5 Å². The minimum Gasteiger partial charge on any atom is -0.487 e. The summed E-state index contributed by atoms with van der Waals surface area (Å²) in [5.74, 6) is 0.781. The molecule has 128 valence electrons. The number of para-hydroxylation sites is 2. The zero-order valence-electron chi connectivity index (χ0n) is 14.0. The molecule has 0 saturated carbocycles. The summed E-state index contributed by atoms with van der Waals surface area (Å²) in [6.45, 7) is 0.461. The smallest absolute Gasteiger partial charge is 0.360 e. The van der Waals surface area contributed by atoms with Gasteiger partial charge >= 0.3 is 5.97 Å². The van der Waals surface area contributed by atoms with Crippen LogP contribution in [-0.4, -0.2) is 11.0 Å². The van der Waals surface area contributed by atoms with Gasteiger partial charge in [0.1, 0.15) is 23.8 Å². The number of H-pyrrole nitrogens is 1. The Morgan fingerprint density at radius 1 is 0.846 bits per heavy atom. The number of aromatic nitrogens is 1. The zero-order valence-corrected chi connectivity index (χ0v) is 14.0. The highest BCUT2D eigenvalue weighted by atomic mass is 16.5. The molecule has 1 heterocycles. The molecule has 3 aromatic carbocycles. The van der Waals surface area contributed by atoms with Gasteiger partial charge in [0.25, 0.3) is 0 Å². The second-order valence-corrected chi connectivity index (χ2v) is 5.88. The highest BCUT2D eigenvalue weighted by molar-refractivity contribution is 5.97. The van der Waals surface area contributed by atoms with E-state index in [1.807, 2.05) is 66.7 Å². The summed E-state index contributed by atoms with van der Waals surface area (Å²) in [5, 5.41) is 0.899. The topological polar surface area (TPSA) is 51.3 Å². The maximum atomic E-state index is 12.4. The maximum absolute atomic E-state index is 12.4. The molecule has 0 saturated heterocycles. The molecule has 0 bridgehead atoms. The van der Waals surface area contributed by atoms with Crippen molar-refractivity contribution < 1.29 is 14.3 Å². The van der Waals surface area contributed by atoms with Crippen LogP contribution in [0.2, 0.25) is 0 Å². The number of rotatable bonds is 5. The Labute approximate surface area is 151 Å². The van der Waals surface area contributed by atoms with E-state index in [0.717, 1.165) is 16.5 Å². The summed E-state index contributed by atoms with van der Waals surface area (Å²) in [6, 6.07) is 26.5. The lowest BCUT2D eigenvalue weighted by molar-refractivity contribution is 0.0729. The van der Waals surface area contributed by atoms with Gasteiger partial charge in [-0.1, -0.05) is 60.7 Å². The van der Waals surface area contributed by atoms with E-state index in [0.29, 0.717) is 23.8 Å². The first-order valence-electron chi connectivity index (χ1n) is 8.35. The Balaban J connectivity index is 1.56. The molecular weight excluding hydrogens is 326 g/mol. The molecule has 0 fully saturated rings. The zero-order chi connectivity index (χ0) is 17.8. The van der Waals surface area contributed by atoms with Crippen LogP contribution in [0.4, 0.5) is 0 Å². The number of aromatic amines is 1. The van der Waals surface area contributed by atoms with Crippen molar-refractivity contribution in [2.45, 2.75) is 6.61 Å². The van der Waals surface area contributed by atoms with Crippen LogP contribution >= 0.6 is 0 Å². The van der Waals surface area contributed by atoms with Crippen molar-refractivity contribution in [1.82, 2.24) is 4.98 Å². The van der Waals surface area contributed by atoms with Gasteiger partial charge in [0, 0.05) is 5.39 Å². The van der Waals surface area contributed by atoms with Gasteiger partial charge in [0.15, 0.2) is 0 Å². The second kappa shape index (κ2) is 7.15. The Bertz CT molecular complexity index is 1020. The largest absolute Gasteiger partial charge is 0.487 e. The number of nitrogens with one attached hydrogen (secondary N) is 1. The van der Waals surface area contributed by atoms with Crippen LogP contribution in [0.5, 0.6) is 11.5 Å². The number of hydrogen-bond donors (Lipinski definition) is 1. The molecule has 0 amide bonds. The highest BCUT2D eigenvalue weighted by Crippen LogP contribution is 2.27. The van der Waals surface area contributed by atoms with Crippen LogP contribution in [0.15, 0.2) is 84.9 Å². The predicted molar refractivity (Wildman–Crippen MR) is 100 cm³/mol. The molecule has 4 heteroatoms. The number of carbonyl (C=O) groups is 1. The number of hydrogen-bond acceptors (Lipinski definition) is 3. The first-order chi connectivity index (χ1) is 12.8. The second-order valence-electron chi connectivity index (χ2n) is 5.88. The summed E-state index contributed by atoms with van der Waals surface area (Å²) in [5.41, 5.74) is 2.25. The Kier molecular flexibility index (Phi) is 4.39. The molecule has 4 rings (SSSR count). The van der Waals surface area contributed by atoms with E-state index in [9.17, 15) is 4.79 Å². The lowest BCUT2D eigenvalue weighted by Gasteiger charge is -2.07. The van der Waals surface area contributed by atoms with Crippen LogP contribution in [0, 0.1) is 0 Å². The fraction of sp³-hybridized carbons (Fsp3) is 0.0455. The van der Waals surface area contributed by atoms with E-state index in [4.69, 9.17) is 9.47 Å². The van der Waals surface area contributed by atoms with Gasteiger partial charge < -0.3 is 14.5 Å². The minimum absolute atomic E-state index is 0.389. The van der Waals surface area contributed by atoms with Crippen molar-refractivity contribution >= 4 is 16.9 Å². The molecule has 0 atom stereocenters. The van der Waals surface area contributed by atoms with Gasteiger partial charge in [-0.3, -0.25) is 0 Å². The molecular formula is C22H17NO3. The van der Waals surface area contributed by atoms with Gasteiger partial charge in [-0.05, 0) is 29.8 Å². The van der Waals surface area contributed by atoms with Gasteiger partial charge in [0.2, 0.25) is 0 Å². The van der Waals surface area contributed by atoms with E-state index in [1.54, 1.807) is 18.2 Å². The molecule has 4 nitrogen and oxygen atoms in total. The van der Waals surface area contributed by atoms with Crippen molar-refractivity contribution in [2.75, 3.05) is 0 Å². The quantitative estimate of drug-likeness (QED) is 0.411. The minimum atomic E-state index is -0.429. The summed E-state index contributed by atoms with van der Waals surface area (Å²) in [4.78, 5) is 15.5. The van der Waals surface area contributed by atoms with E-state index in [2.05, 4.69) is 4.98 Å². The highest BCUT2D eigenvalue weighted by Gasteiger charge is 2.14. The monoisotopic (exact) mass is 343 g/mol. The van der Waals surface area contributed by atoms with Crippen molar-refractivity contribution in [2.24, 2.45) is 0 Å². The molecule has 0 aliphatic heterocycles. The first kappa shape index (κ1) is 16.0. The molecule has 1 aromatic heterocycles. The molecule has 0 aliphatic carbocycles. The van der Waals surface area contributed by atoms with Gasteiger partial charge in [0.05, 0.1) is 5.52 Å². The van der Waals surface area contributed by atoms with Crippen molar-refractivity contribution in [3.05, 3.63) is 96.2 Å². The molecule has 0 radical (unpaired) electrons. The van der Waals surface area contributed by atoms with E-state index < -0.39 is 5.97 Å². The standard InChI is InChI=1S/C22H17NO3/c24-22(26-18-11-5-2-6-12-18)19-14-17-10-7-13-20(21(17)23-19)25-15-16-8-3-1-4-9-16/h1-14,23H,15H2. The van der Waals surface area contributed by atoms with Crippen LogP contribution in [-0.2, 0) is 6.61 Å². The van der Waals surface area contributed by atoms with Crippen molar-refractivity contribution in [1.29, 1.82) is 0 Å². The third kappa shape index (κ3) is 3.44. The summed E-state index contributed by atoms with van der Waals surface area (Å²) >= 11 is 0. The summed E-state index contributed by atoms with van der Waals surface area (Å²) < 4.78 is 11.3. The Morgan fingerprint density at radius 2 is 1.58 bits per heavy atom. The summed E-state index contributed by atoms with van der Waals surface area (Å²) in [6.07, 6.45) is 0. The number of benzene rings is 3. The van der Waals surface area contributed by atoms with E-state index >= 15 is 0 Å². The molecule has 0 aliphatic rings. The van der Waals surface area contributed by atoms with Crippen molar-refractivity contribution in [3.63, 3.8) is 0 Å². The first-order valence-corrected chi connectivity index (χ1v) is 8.35. The SMILES string of the molecule is O=C(Oc1ccccc1)c1cc2cccc(OCc3ccccc3)c2[nH]1. The third-order valence-electron chi connectivity index (χ3n) is 4.03. The maximum Gasteiger partial charge on any atom is 0.360 e. The third-order valence-corrected chi connectivity index (χ3v) is 4.03. The predicted octanol–water partition coefficient (Wildman–Crippen LogP) is 4.97. The van der Waals surface area contributed by atoms with Crippen LogP contribution in [0.25, 0.3) is 10.9 Å². The van der Waals surface area contributed by atoms with Crippen LogP contribution in [0.3, 0.4) is 0 Å². The molecule has 1 N–H and O–H groups in total. The van der Waals surface area contributed by atoms with Crippen LogP contribution in [0.1, 0.15) is 16.1 Å². The lowest BCUT2D eigenvalue weighted by atomic mass is 10.2. The number of fused-ring (bicyclic) bond motifs is 1. The average Bonchev–Trinajstić information content (AvgIpc) is 3.13. The van der Waals surface area contributed by atoms with Gasteiger partial charge in [-0.15, -0.1) is 0 Å². The van der Waals surface area contributed by atoms with Gasteiger partial charge in [-0.25, -0.2) is 4.79 Å². The molecule has 0 unspecified atom stereocenters. The number of carbonyl (C=O) groups excluding carboxylic acids is 1. The average molecular weight is 343 g/mol. The fourth-order valence-corrected chi connectivity index (χ4v) is 2.74. The lowest BCUT2D eigenvalue weighted by Crippen LogP contribution is -2.08.